The van der Waals surface area contributed by atoms with Gasteiger partial charge in [0, 0.05) is 17.8 Å². The summed E-state index contributed by atoms with van der Waals surface area (Å²) < 4.78 is 0. The molecule has 1 heterocycles. The van der Waals surface area contributed by atoms with Gasteiger partial charge in [0.25, 0.3) is 5.91 Å². The number of halogens is 1. The van der Waals surface area contributed by atoms with Crippen molar-refractivity contribution in [1.29, 1.82) is 0 Å². The molecule has 1 aromatic heterocycles. The first-order chi connectivity index (χ1) is 9.15. The molecule has 3 nitrogen and oxygen atoms in total. The van der Waals surface area contributed by atoms with Crippen molar-refractivity contribution in [2.24, 2.45) is 5.92 Å². The first-order valence-electron chi connectivity index (χ1n) is 7.07. The van der Waals surface area contributed by atoms with Crippen molar-refractivity contribution in [1.82, 2.24) is 10.3 Å². The minimum absolute atomic E-state index is 0.0566. The van der Waals surface area contributed by atoms with Crippen LogP contribution in [0.5, 0.6) is 0 Å². The van der Waals surface area contributed by atoms with Gasteiger partial charge >= 0.3 is 0 Å². The number of aromatic nitrogens is 1. The Morgan fingerprint density at radius 2 is 2.16 bits per heavy atom. The van der Waals surface area contributed by atoms with Crippen molar-refractivity contribution >= 4 is 17.5 Å². The lowest BCUT2D eigenvalue weighted by Crippen LogP contribution is -2.25. The molecule has 1 aromatic rings. The molecule has 1 saturated carbocycles. The van der Waals surface area contributed by atoms with E-state index < -0.39 is 0 Å². The molecule has 104 valence electrons. The van der Waals surface area contributed by atoms with Crippen molar-refractivity contribution in [2.75, 3.05) is 6.54 Å². The van der Waals surface area contributed by atoms with Gasteiger partial charge in [0.2, 0.25) is 0 Å². The number of carbonyl (C=O) groups excluding carboxylic acids is 1. The molecule has 1 N–H and O–H groups in total. The predicted molar refractivity (Wildman–Crippen MR) is 77.5 cm³/mol. The first-order valence-corrected chi connectivity index (χ1v) is 7.45. The van der Waals surface area contributed by atoms with E-state index in [0.29, 0.717) is 10.7 Å². The van der Waals surface area contributed by atoms with Gasteiger partial charge in [0.05, 0.1) is 0 Å². The second kappa shape index (κ2) is 6.90. The van der Waals surface area contributed by atoms with E-state index in [-0.39, 0.29) is 5.91 Å². The maximum absolute atomic E-state index is 11.9. The number of nitrogens with zero attached hydrogens (tertiary/aromatic N) is 1. The van der Waals surface area contributed by atoms with Crippen molar-refractivity contribution in [2.45, 2.75) is 45.4 Å². The number of nitrogens with one attached hydrogen (secondary N) is 1. The third-order valence-electron chi connectivity index (χ3n) is 3.73. The van der Waals surface area contributed by atoms with E-state index >= 15 is 0 Å². The molecule has 2 rings (SSSR count). The predicted octanol–water partition coefficient (Wildman–Crippen LogP) is 3.74. The van der Waals surface area contributed by atoms with Crippen LogP contribution in [-0.2, 0) is 0 Å². The summed E-state index contributed by atoms with van der Waals surface area (Å²) in [6.45, 7) is 2.58. The molecular weight excluding hydrogens is 260 g/mol. The summed E-state index contributed by atoms with van der Waals surface area (Å²) in [7, 11) is 0. The zero-order valence-corrected chi connectivity index (χ0v) is 12.2. The summed E-state index contributed by atoms with van der Waals surface area (Å²) in [6.07, 6.45) is 7.79. The molecule has 0 radical (unpaired) electrons. The molecule has 0 unspecified atom stereocenters. The zero-order chi connectivity index (χ0) is 13.7. The van der Waals surface area contributed by atoms with Crippen LogP contribution in [0.2, 0.25) is 5.15 Å². The highest BCUT2D eigenvalue weighted by Gasteiger charge is 2.14. The molecular formula is C15H21ClN2O. The second-order valence-electron chi connectivity index (χ2n) is 5.37. The van der Waals surface area contributed by atoms with Crippen LogP contribution < -0.4 is 5.32 Å². The molecule has 1 aliphatic carbocycles. The third kappa shape index (κ3) is 4.50. The highest BCUT2D eigenvalue weighted by atomic mass is 35.5. The van der Waals surface area contributed by atoms with Crippen LogP contribution in [0.4, 0.5) is 0 Å². The lowest BCUT2D eigenvalue weighted by atomic mass is 10.0. The second-order valence-corrected chi connectivity index (χ2v) is 5.76. The molecule has 1 amide bonds. The summed E-state index contributed by atoms with van der Waals surface area (Å²) in [4.78, 5) is 16.0. The maximum Gasteiger partial charge on any atom is 0.251 e. The van der Waals surface area contributed by atoms with Crippen molar-refractivity contribution in [3.63, 3.8) is 0 Å². The van der Waals surface area contributed by atoms with Gasteiger partial charge in [-0.2, -0.15) is 0 Å². The fourth-order valence-corrected chi connectivity index (χ4v) is 3.00. The Morgan fingerprint density at radius 3 is 2.84 bits per heavy atom. The van der Waals surface area contributed by atoms with Gasteiger partial charge in [-0.15, -0.1) is 0 Å². The molecule has 1 aliphatic rings. The van der Waals surface area contributed by atoms with Crippen LogP contribution in [0.1, 0.15) is 54.6 Å². The smallest absolute Gasteiger partial charge is 0.251 e. The van der Waals surface area contributed by atoms with Crippen molar-refractivity contribution in [3.8, 4) is 0 Å². The number of amides is 1. The van der Waals surface area contributed by atoms with E-state index in [9.17, 15) is 4.79 Å². The number of pyridine rings is 1. The van der Waals surface area contributed by atoms with Crippen LogP contribution in [0.15, 0.2) is 12.1 Å². The Hall–Kier alpha value is -1.09. The standard InChI is InChI=1S/C15H21ClN2O/c1-11-9-13(10-14(16)18-11)15(19)17-8-4-7-12-5-2-3-6-12/h9-10,12H,2-8H2,1H3,(H,17,19). The van der Waals surface area contributed by atoms with E-state index in [1.54, 1.807) is 12.1 Å². The zero-order valence-electron chi connectivity index (χ0n) is 11.4. The topological polar surface area (TPSA) is 42.0 Å². The Bertz CT molecular complexity index is 422. The maximum atomic E-state index is 11.9. The summed E-state index contributed by atoms with van der Waals surface area (Å²) in [6, 6.07) is 3.37. The average molecular weight is 281 g/mol. The highest BCUT2D eigenvalue weighted by molar-refractivity contribution is 6.29. The van der Waals surface area contributed by atoms with Crippen molar-refractivity contribution < 1.29 is 4.79 Å². The van der Waals surface area contributed by atoms with Crippen LogP contribution in [0.3, 0.4) is 0 Å². The van der Waals surface area contributed by atoms with Crippen LogP contribution in [0.25, 0.3) is 0 Å². The van der Waals surface area contributed by atoms with Crippen LogP contribution in [-0.4, -0.2) is 17.4 Å². The molecule has 4 heteroatoms. The SMILES string of the molecule is Cc1cc(C(=O)NCCCC2CCCC2)cc(Cl)n1. The van der Waals surface area contributed by atoms with Gasteiger partial charge in [-0.3, -0.25) is 4.79 Å². The molecule has 0 aliphatic heterocycles. The minimum Gasteiger partial charge on any atom is -0.352 e. The molecule has 1 fully saturated rings. The summed E-state index contributed by atoms with van der Waals surface area (Å²) in [5.74, 6) is 0.827. The lowest BCUT2D eigenvalue weighted by molar-refractivity contribution is 0.0952. The fourth-order valence-electron chi connectivity index (χ4n) is 2.75. The van der Waals surface area contributed by atoms with Gasteiger partial charge in [-0.1, -0.05) is 37.3 Å². The molecule has 0 saturated heterocycles. The van der Waals surface area contributed by atoms with Crippen LogP contribution >= 0.6 is 11.6 Å². The number of aryl methyl sites for hydroxylation is 1. The molecule has 19 heavy (non-hydrogen) atoms. The molecule has 0 bridgehead atoms. The molecule has 0 spiro atoms. The summed E-state index contributed by atoms with van der Waals surface area (Å²) in [5.41, 5.74) is 1.36. The van der Waals surface area contributed by atoms with E-state index in [4.69, 9.17) is 11.6 Å². The highest BCUT2D eigenvalue weighted by Crippen LogP contribution is 2.28. The Balaban J connectivity index is 1.74. The van der Waals surface area contributed by atoms with Gasteiger partial charge in [-0.25, -0.2) is 4.98 Å². The lowest BCUT2D eigenvalue weighted by Gasteiger charge is -2.09. The van der Waals surface area contributed by atoms with Crippen molar-refractivity contribution in [3.05, 3.63) is 28.5 Å². The largest absolute Gasteiger partial charge is 0.352 e. The third-order valence-corrected chi connectivity index (χ3v) is 3.93. The number of rotatable bonds is 5. The minimum atomic E-state index is -0.0566. The Kier molecular flexibility index (Phi) is 5.20. The van der Waals surface area contributed by atoms with Crippen LogP contribution in [0, 0.1) is 12.8 Å². The molecule has 0 aromatic carbocycles. The Morgan fingerprint density at radius 1 is 1.42 bits per heavy atom. The van der Waals surface area contributed by atoms with E-state index in [1.807, 2.05) is 6.92 Å². The van der Waals surface area contributed by atoms with E-state index in [0.717, 1.165) is 24.6 Å². The van der Waals surface area contributed by atoms with E-state index in [2.05, 4.69) is 10.3 Å². The van der Waals surface area contributed by atoms with Gasteiger partial charge < -0.3 is 5.32 Å². The quantitative estimate of drug-likeness (QED) is 0.659. The number of hydrogen-bond acceptors (Lipinski definition) is 2. The van der Waals surface area contributed by atoms with Gasteiger partial charge in [0.15, 0.2) is 0 Å². The number of carbonyl (C=O) groups is 1. The fraction of sp³-hybridized carbons (Fsp3) is 0.600. The normalized spacial score (nSPS) is 15.7. The average Bonchev–Trinajstić information content (AvgIpc) is 2.86. The summed E-state index contributed by atoms with van der Waals surface area (Å²) >= 11 is 5.85. The molecule has 0 atom stereocenters. The van der Waals surface area contributed by atoms with E-state index in [1.165, 1.54) is 32.1 Å². The van der Waals surface area contributed by atoms with Gasteiger partial charge in [0.1, 0.15) is 5.15 Å². The monoisotopic (exact) mass is 280 g/mol. The Labute approximate surface area is 119 Å². The first kappa shape index (κ1) is 14.3. The summed E-state index contributed by atoms with van der Waals surface area (Å²) in [5, 5.41) is 3.32. The van der Waals surface area contributed by atoms with Gasteiger partial charge in [-0.05, 0) is 37.8 Å². The number of hydrogen-bond donors (Lipinski definition) is 1.